The second-order valence-corrected chi connectivity index (χ2v) is 7.48. The molecule has 2 aromatic carbocycles. The first kappa shape index (κ1) is 20.6. The highest BCUT2D eigenvalue weighted by Crippen LogP contribution is 2.17. The summed E-state index contributed by atoms with van der Waals surface area (Å²) in [6.45, 7) is 1.97. The van der Waals surface area contributed by atoms with Crippen LogP contribution in [0.3, 0.4) is 0 Å². The van der Waals surface area contributed by atoms with Crippen LogP contribution in [0.15, 0.2) is 72.4 Å². The van der Waals surface area contributed by atoms with Crippen LogP contribution >= 0.6 is 0 Å². The van der Waals surface area contributed by atoms with Gasteiger partial charge in [-0.15, -0.1) is 0 Å². The van der Waals surface area contributed by atoms with E-state index in [1.165, 1.54) is 6.42 Å². The summed E-state index contributed by atoms with van der Waals surface area (Å²) in [5, 5.41) is 5.87. The molecule has 0 atom stereocenters. The van der Waals surface area contributed by atoms with E-state index in [1.807, 2.05) is 55.5 Å². The summed E-state index contributed by atoms with van der Waals surface area (Å²) in [6.07, 6.45) is 10.8. The summed E-state index contributed by atoms with van der Waals surface area (Å²) < 4.78 is 0. The van der Waals surface area contributed by atoms with E-state index in [0.29, 0.717) is 5.56 Å². The molecule has 1 aliphatic carbocycles. The molecule has 0 spiro atoms. The van der Waals surface area contributed by atoms with E-state index in [1.54, 1.807) is 24.3 Å². The maximum atomic E-state index is 12.8. The third kappa shape index (κ3) is 6.46. The molecule has 4 heteroatoms. The predicted octanol–water partition coefficient (Wildman–Crippen LogP) is 4.77. The number of benzene rings is 2. The molecule has 3 rings (SSSR count). The van der Waals surface area contributed by atoms with Gasteiger partial charge in [0.1, 0.15) is 5.70 Å². The topological polar surface area (TPSA) is 58.2 Å². The van der Waals surface area contributed by atoms with Crippen molar-refractivity contribution in [2.75, 3.05) is 0 Å². The van der Waals surface area contributed by atoms with E-state index in [2.05, 4.69) is 10.6 Å². The first-order valence-corrected chi connectivity index (χ1v) is 10.2. The largest absolute Gasteiger partial charge is 0.348 e. The Morgan fingerprint density at radius 2 is 1.62 bits per heavy atom. The van der Waals surface area contributed by atoms with Crippen molar-refractivity contribution in [2.24, 2.45) is 0 Å². The number of aryl methyl sites for hydroxylation is 1. The van der Waals surface area contributed by atoms with Crippen molar-refractivity contribution < 1.29 is 9.59 Å². The molecule has 1 fully saturated rings. The predicted molar refractivity (Wildman–Crippen MR) is 117 cm³/mol. The van der Waals surface area contributed by atoms with Crippen LogP contribution in [0.25, 0.3) is 6.08 Å². The molecule has 2 aromatic rings. The number of carbonyl (C=O) groups is 2. The Kier molecular flexibility index (Phi) is 7.40. The quantitative estimate of drug-likeness (QED) is 0.553. The van der Waals surface area contributed by atoms with Crippen LogP contribution in [0.1, 0.15) is 53.6 Å². The van der Waals surface area contributed by atoms with Gasteiger partial charge in [-0.1, -0.05) is 79.4 Å². The molecular formula is C25H28N2O2. The fraction of sp³-hybridized carbons (Fsp3) is 0.280. The molecule has 0 radical (unpaired) electrons. The maximum absolute atomic E-state index is 12.8. The molecule has 4 nitrogen and oxygen atoms in total. The Morgan fingerprint density at radius 1 is 0.931 bits per heavy atom. The standard InChI is InChI=1S/C25H28N2O2/c1-19-15-17-21(18-16-19)24(28)27-23(14-8-11-20-9-4-2-5-10-20)25(29)26-22-12-6-3-7-13-22/h2,4-5,8-11,14-18,22H,3,6-7,12-13H2,1H3,(H,26,29)(H,27,28)/b11-8-,23-14-. The van der Waals surface area contributed by atoms with E-state index in [-0.39, 0.29) is 23.6 Å². The molecule has 1 aliphatic rings. The van der Waals surface area contributed by atoms with Gasteiger partial charge in [0.2, 0.25) is 0 Å². The molecule has 1 saturated carbocycles. The number of carbonyl (C=O) groups excluding carboxylic acids is 2. The lowest BCUT2D eigenvalue weighted by Crippen LogP contribution is -2.41. The van der Waals surface area contributed by atoms with Crippen molar-refractivity contribution in [3.63, 3.8) is 0 Å². The average molecular weight is 389 g/mol. The minimum Gasteiger partial charge on any atom is -0.348 e. The molecule has 0 unspecified atom stereocenters. The summed E-state index contributed by atoms with van der Waals surface area (Å²) in [4.78, 5) is 25.5. The van der Waals surface area contributed by atoms with Crippen molar-refractivity contribution in [1.29, 1.82) is 0 Å². The first-order valence-electron chi connectivity index (χ1n) is 10.2. The smallest absolute Gasteiger partial charge is 0.268 e. The van der Waals surface area contributed by atoms with Gasteiger partial charge >= 0.3 is 0 Å². The zero-order chi connectivity index (χ0) is 20.5. The summed E-state index contributed by atoms with van der Waals surface area (Å²) in [5.41, 5.74) is 2.89. The highest BCUT2D eigenvalue weighted by Gasteiger charge is 2.19. The van der Waals surface area contributed by atoms with Crippen LogP contribution < -0.4 is 10.6 Å². The van der Waals surface area contributed by atoms with Crippen molar-refractivity contribution >= 4 is 17.9 Å². The van der Waals surface area contributed by atoms with Crippen LogP contribution in [0.5, 0.6) is 0 Å². The minimum atomic E-state index is -0.289. The molecule has 0 aromatic heterocycles. The summed E-state index contributed by atoms with van der Waals surface area (Å²) in [5.74, 6) is -0.529. The normalized spacial score (nSPS) is 15.3. The number of nitrogens with one attached hydrogen (secondary N) is 2. The Bertz CT molecular complexity index is 877. The molecule has 0 bridgehead atoms. The molecule has 2 N–H and O–H groups in total. The van der Waals surface area contributed by atoms with E-state index in [4.69, 9.17) is 0 Å². The summed E-state index contributed by atoms with van der Waals surface area (Å²) in [7, 11) is 0. The second kappa shape index (κ2) is 10.4. The van der Waals surface area contributed by atoms with Gasteiger partial charge in [-0.3, -0.25) is 9.59 Å². The van der Waals surface area contributed by atoms with Crippen molar-refractivity contribution in [3.05, 3.63) is 89.1 Å². The fourth-order valence-corrected chi connectivity index (χ4v) is 3.40. The Morgan fingerprint density at radius 3 is 2.31 bits per heavy atom. The van der Waals surface area contributed by atoms with E-state index in [9.17, 15) is 9.59 Å². The lowest BCUT2D eigenvalue weighted by atomic mass is 9.95. The second-order valence-electron chi connectivity index (χ2n) is 7.48. The fourth-order valence-electron chi connectivity index (χ4n) is 3.40. The Balaban J connectivity index is 1.74. The highest BCUT2D eigenvalue weighted by atomic mass is 16.2. The van der Waals surface area contributed by atoms with Gasteiger partial charge in [-0.25, -0.2) is 0 Å². The van der Waals surface area contributed by atoms with Gasteiger partial charge in [0.15, 0.2) is 0 Å². The van der Waals surface area contributed by atoms with Crippen LogP contribution in [0, 0.1) is 6.92 Å². The molecule has 150 valence electrons. The lowest BCUT2D eigenvalue weighted by Gasteiger charge is -2.23. The van der Waals surface area contributed by atoms with Gasteiger partial charge in [-0.05, 0) is 43.5 Å². The van der Waals surface area contributed by atoms with E-state index < -0.39 is 0 Å². The van der Waals surface area contributed by atoms with Gasteiger partial charge < -0.3 is 10.6 Å². The number of hydrogen-bond acceptors (Lipinski definition) is 2. The van der Waals surface area contributed by atoms with Gasteiger partial charge in [0.25, 0.3) is 11.8 Å². The number of allylic oxidation sites excluding steroid dienone is 2. The first-order chi connectivity index (χ1) is 14.1. The molecule has 2 amide bonds. The zero-order valence-corrected chi connectivity index (χ0v) is 16.9. The lowest BCUT2D eigenvalue weighted by molar-refractivity contribution is -0.118. The van der Waals surface area contributed by atoms with Crippen molar-refractivity contribution in [1.82, 2.24) is 10.6 Å². The molecule has 0 aliphatic heterocycles. The van der Waals surface area contributed by atoms with Crippen molar-refractivity contribution in [3.8, 4) is 0 Å². The monoisotopic (exact) mass is 388 g/mol. The van der Waals surface area contributed by atoms with Crippen LogP contribution in [0.4, 0.5) is 0 Å². The van der Waals surface area contributed by atoms with Gasteiger partial charge in [-0.2, -0.15) is 0 Å². The third-order valence-corrected chi connectivity index (χ3v) is 5.10. The van der Waals surface area contributed by atoms with Gasteiger partial charge in [0.05, 0.1) is 0 Å². The minimum absolute atomic E-state index is 0.175. The molecular weight excluding hydrogens is 360 g/mol. The molecule has 29 heavy (non-hydrogen) atoms. The molecule has 0 heterocycles. The van der Waals surface area contributed by atoms with E-state index in [0.717, 1.165) is 36.8 Å². The summed E-state index contributed by atoms with van der Waals surface area (Å²) in [6, 6.07) is 17.3. The SMILES string of the molecule is Cc1ccc(C(=O)N/C(=C\C=C/c2ccccc2)C(=O)NC2CCCCC2)cc1. The molecule has 0 saturated heterocycles. The number of hydrogen-bond donors (Lipinski definition) is 2. The van der Waals surface area contributed by atoms with Gasteiger partial charge in [0, 0.05) is 11.6 Å². The van der Waals surface area contributed by atoms with Crippen molar-refractivity contribution in [2.45, 2.75) is 45.1 Å². The number of amides is 2. The van der Waals surface area contributed by atoms with Crippen LogP contribution in [-0.2, 0) is 4.79 Å². The Labute approximate surface area is 172 Å². The van der Waals surface area contributed by atoms with E-state index >= 15 is 0 Å². The highest BCUT2D eigenvalue weighted by molar-refractivity contribution is 6.03. The Hall–Kier alpha value is -3.14. The summed E-state index contributed by atoms with van der Waals surface area (Å²) >= 11 is 0. The third-order valence-electron chi connectivity index (χ3n) is 5.10. The zero-order valence-electron chi connectivity index (χ0n) is 16.9. The maximum Gasteiger partial charge on any atom is 0.268 e. The average Bonchev–Trinajstić information content (AvgIpc) is 2.75. The van der Waals surface area contributed by atoms with Crippen LogP contribution in [-0.4, -0.2) is 17.9 Å². The van der Waals surface area contributed by atoms with Crippen LogP contribution in [0.2, 0.25) is 0 Å². The number of rotatable bonds is 6.